The third-order valence-electron chi connectivity index (χ3n) is 2.80. The summed E-state index contributed by atoms with van der Waals surface area (Å²) in [6.07, 6.45) is 7.54. The van der Waals surface area contributed by atoms with Gasteiger partial charge >= 0.3 is 73.7 Å². The van der Waals surface area contributed by atoms with E-state index in [0.717, 1.165) is 12.1 Å². The monoisotopic (exact) mass is 252 g/mol. The fraction of sp³-hybridized carbons (Fsp3) is 1.00. The molecule has 2 bridgehead atoms. The third kappa shape index (κ3) is 1.09. The average Bonchev–Trinajstić information content (AvgIpc) is 2.19. The van der Waals surface area contributed by atoms with Gasteiger partial charge in [0, 0.05) is 0 Å². The number of fused-ring (bicyclic) bond motifs is 2. The van der Waals surface area contributed by atoms with Gasteiger partial charge in [-0.2, -0.15) is 0 Å². The summed E-state index contributed by atoms with van der Waals surface area (Å²) in [5.74, 6) is 0. The van der Waals surface area contributed by atoms with E-state index in [9.17, 15) is 0 Å². The van der Waals surface area contributed by atoms with Crippen molar-refractivity contribution in [1.82, 2.24) is 3.11 Å². The summed E-state index contributed by atoms with van der Waals surface area (Å²) in [6, 6.07) is 2.05. The molecule has 2 aliphatic heterocycles. The number of halogens is 1. The second-order valence-electron chi connectivity index (χ2n) is 3.33. The van der Waals surface area contributed by atoms with E-state index in [1.165, 1.54) is 32.1 Å². The molecule has 0 N–H and O–H groups in total. The van der Waals surface area contributed by atoms with Crippen molar-refractivity contribution in [2.24, 2.45) is 0 Å². The summed E-state index contributed by atoms with van der Waals surface area (Å²) in [4.78, 5) is 2.41. The standard InChI is InChI=1S/C8H15IN/c1-9-10-7-3-2-4-8(10)6-5-7/h7-8H,2-6H2,1H3/q-1. The summed E-state index contributed by atoms with van der Waals surface area (Å²) in [5.41, 5.74) is 0. The van der Waals surface area contributed by atoms with Crippen LogP contribution in [-0.4, -0.2) is 20.1 Å². The van der Waals surface area contributed by atoms with Crippen LogP contribution >= 0.6 is 0 Å². The number of nitrogens with zero attached hydrogens (tertiary/aromatic N) is 1. The fourth-order valence-electron chi connectivity index (χ4n) is 2.33. The van der Waals surface area contributed by atoms with E-state index < -0.39 is 0 Å². The van der Waals surface area contributed by atoms with Gasteiger partial charge in [-0.3, -0.25) is 0 Å². The van der Waals surface area contributed by atoms with E-state index in [0.29, 0.717) is 21.5 Å². The minimum atomic E-state index is 0.402. The van der Waals surface area contributed by atoms with E-state index in [2.05, 4.69) is 8.04 Å². The van der Waals surface area contributed by atoms with Crippen molar-refractivity contribution >= 4 is 0 Å². The van der Waals surface area contributed by atoms with Gasteiger partial charge in [0.15, 0.2) is 0 Å². The maximum absolute atomic E-state index is 2.82. The second kappa shape index (κ2) is 2.97. The van der Waals surface area contributed by atoms with E-state index >= 15 is 0 Å². The maximum atomic E-state index is 2.82. The summed E-state index contributed by atoms with van der Waals surface area (Å²) >= 11 is 0.402. The van der Waals surface area contributed by atoms with Crippen molar-refractivity contribution in [2.75, 3.05) is 4.93 Å². The molecule has 1 nitrogen and oxygen atoms in total. The van der Waals surface area contributed by atoms with Gasteiger partial charge in [0.1, 0.15) is 0 Å². The molecular weight excluding hydrogens is 237 g/mol. The van der Waals surface area contributed by atoms with Gasteiger partial charge in [-0.25, -0.2) is 0 Å². The molecule has 2 fully saturated rings. The van der Waals surface area contributed by atoms with Crippen molar-refractivity contribution in [3.05, 3.63) is 0 Å². The molecule has 2 heterocycles. The molecule has 0 radical (unpaired) electrons. The molecule has 0 spiro atoms. The Bertz CT molecular complexity index is 110. The summed E-state index contributed by atoms with van der Waals surface area (Å²) in [6.45, 7) is 0. The molecule has 60 valence electrons. The zero-order valence-corrected chi connectivity index (χ0v) is 8.67. The number of rotatable bonds is 1. The Morgan fingerprint density at radius 1 is 1.10 bits per heavy atom. The zero-order valence-electron chi connectivity index (χ0n) is 6.52. The second-order valence-corrected chi connectivity index (χ2v) is 5.41. The first kappa shape index (κ1) is 7.35. The molecular formula is C8H15IN-. The SMILES string of the molecule is C[I-]N1C2CCCC1CC2. The van der Waals surface area contributed by atoms with Gasteiger partial charge in [0.25, 0.3) is 0 Å². The Balaban J connectivity index is 2.06. The van der Waals surface area contributed by atoms with Crippen LogP contribution < -0.4 is 21.5 Å². The fourth-order valence-corrected chi connectivity index (χ4v) is 5.02. The van der Waals surface area contributed by atoms with Crippen molar-refractivity contribution in [3.8, 4) is 0 Å². The predicted octanol–water partition coefficient (Wildman–Crippen LogP) is -1.36. The molecule has 10 heavy (non-hydrogen) atoms. The topological polar surface area (TPSA) is 3.24 Å². The van der Waals surface area contributed by atoms with Crippen molar-refractivity contribution < 1.29 is 21.5 Å². The van der Waals surface area contributed by atoms with Gasteiger partial charge in [-0.05, 0) is 0 Å². The van der Waals surface area contributed by atoms with Gasteiger partial charge < -0.3 is 0 Å². The van der Waals surface area contributed by atoms with E-state index in [1.807, 2.05) is 0 Å². The van der Waals surface area contributed by atoms with Crippen LogP contribution in [0.5, 0.6) is 0 Å². The Morgan fingerprint density at radius 3 is 2.10 bits per heavy atom. The van der Waals surface area contributed by atoms with Gasteiger partial charge in [-0.1, -0.05) is 0 Å². The van der Waals surface area contributed by atoms with Crippen molar-refractivity contribution in [1.29, 1.82) is 0 Å². The Kier molecular flexibility index (Phi) is 2.18. The van der Waals surface area contributed by atoms with E-state index in [-0.39, 0.29) is 0 Å². The number of piperidine rings is 1. The van der Waals surface area contributed by atoms with Crippen molar-refractivity contribution in [3.63, 3.8) is 0 Å². The molecule has 2 heteroatoms. The molecule has 0 amide bonds. The van der Waals surface area contributed by atoms with Crippen LogP contribution in [0.4, 0.5) is 0 Å². The molecule has 2 atom stereocenters. The minimum absolute atomic E-state index is 0.402. The number of hydrogen-bond acceptors (Lipinski definition) is 1. The zero-order chi connectivity index (χ0) is 6.97. The van der Waals surface area contributed by atoms with Crippen molar-refractivity contribution in [2.45, 2.75) is 44.2 Å². The molecule has 2 aliphatic rings. The first-order valence-corrected chi connectivity index (χ1v) is 7.32. The van der Waals surface area contributed by atoms with Crippen LogP contribution in [0.15, 0.2) is 0 Å². The van der Waals surface area contributed by atoms with Crippen LogP contribution in [-0.2, 0) is 0 Å². The molecule has 0 aromatic heterocycles. The molecule has 2 rings (SSSR count). The molecule has 2 unspecified atom stereocenters. The molecule has 2 saturated heterocycles. The number of alkyl halides is 1. The van der Waals surface area contributed by atoms with Crippen LogP contribution in [0.2, 0.25) is 0 Å². The quantitative estimate of drug-likeness (QED) is 0.316. The predicted molar refractivity (Wildman–Crippen MR) is 38.4 cm³/mol. The third-order valence-corrected chi connectivity index (χ3v) is 5.49. The first-order valence-electron chi connectivity index (χ1n) is 4.20. The molecule has 0 aliphatic carbocycles. The number of hydrogen-bond donors (Lipinski definition) is 0. The van der Waals surface area contributed by atoms with E-state index in [1.54, 1.807) is 0 Å². The average molecular weight is 252 g/mol. The van der Waals surface area contributed by atoms with Gasteiger partial charge in [0.05, 0.1) is 0 Å². The first-order chi connectivity index (χ1) is 4.92. The normalized spacial score (nSPS) is 40.9. The Morgan fingerprint density at radius 2 is 1.70 bits per heavy atom. The van der Waals surface area contributed by atoms with Crippen LogP contribution in [0.25, 0.3) is 0 Å². The van der Waals surface area contributed by atoms with Crippen LogP contribution in [0.1, 0.15) is 32.1 Å². The molecule has 0 aromatic carbocycles. The molecule has 0 aromatic rings. The van der Waals surface area contributed by atoms with E-state index in [4.69, 9.17) is 0 Å². The summed E-state index contributed by atoms with van der Waals surface area (Å²) in [7, 11) is 0. The van der Waals surface area contributed by atoms with Crippen LogP contribution in [0.3, 0.4) is 0 Å². The van der Waals surface area contributed by atoms with Crippen LogP contribution in [0, 0.1) is 0 Å². The Hall–Kier alpha value is 0.690. The summed E-state index contributed by atoms with van der Waals surface area (Å²) < 4.78 is 2.82. The summed E-state index contributed by atoms with van der Waals surface area (Å²) in [5, 5.41) is 0. The van der Waals surface area contributed by atoms with Gasteiger partial charge in [0.2, 0.25) is 0 Å². The molecule has 0 saturated carbocycles. The Labute approximate surface area is 73.8 Å². The van der Waals surface area contributed by atoms with Gasteiger partial charge in [-0.15, -0.1) is 0 Å².